The van der Waals surface area contributed by atoms with Crippen LogP contribution in [0.15, 0.2) is 23.1 Å². The van der Waals surface area contributed by atoms with Crippen molar-refractivity contribution in [1.29, 1.82) is 0 Å². The molecule has 1 aromatic rings. The number of benzene rings is 1. The molecule has 2 N–H and O–H groups in total. The van der Waals surface area contributed by atoms with Crippen LogP contribution in [0.4, 0.5) is 13.2 Å². The zero-order valence-corrected chi connectivity index (χ0v) is 15.7. The van der Waals surface area contributed by atoms with E-state index >= 15 is 0 Å². The largest absolute Gasteiger partial charge is 0.402 e. The fourth-order valence-electron chi connectivity index (χ4n) is 1.61. The molecule has 1 rings (SSSR count). The molecule has 136 valence electrons. The molecule has 23 heavy (non-hydrogen) atoms. The summed E-state index contributed by atoms with van der Waals surface area (Å²) in [6.45, 7) is 11.6. The minimum Gasteiger partial charge on any atom is -0.386 e. The van der Waals surface area contributed by atoms with Gasteiger partial charge < -0.3 is 5.11 Å². The first-order valence-electron chi connectivity index (χ1n) is 7.56. The summed E-state index contributed by atoms with van der Waals surface area (Å²) in [6, 6.07) is 4.55. The van der Waals surface area contributed by atoms with E-state index in [2.05, 4.69) is 0 Å². The fraction of sp³-hybridized carbons (Fsp3) is 0.625. The van der Waals surface area contributed by atoms with E-state index in [0.717, 1.165) is 5.56 Å². The van der Waals surface area contributed by atoms with Crippen molar-refractivity contribution in [3.05, 3.63) is 29.3 Å². The lowest BCUT2D eigenvalue weighted by Crippen LogP contribution is -2.30. The van der Waals surface area contributed by atoms with Crippen molar-refractivity contribution in [2.24, 2.45) is 0 Å². The highest BCUT2D eigenvalue weighted by atomic mass is 32.2. The first-order chi connectivity index (χ1) is 10.5. The van der Waals surface area contributed by atoms with Crippen LogP contribution in [0.2, 0.25) is 0 Å². The van der Waals surface area contributed by atoms with Crippen LogP contribution in [0.3, 0.4) is 0 Å². The van der Waals surface area contributed by atoms with Crippen LogP contribution in [-0.4, -0.2) is 22.0 Å². The van der Waals surface area contributed by atoms with Crippen molar-refractivity contribution in [3.8, 4) is 0 Å². The van der Waals surface area contributed by atoms with Crippen molar-refractivity contribution in [2.45, 2.75) is 65.1 Å². The van der Waals surface area contributed by atoms with Crippen molar-refractivity contribution in [1.82, 2.24) is 4.72 Å². The Kier molecular flexibility index (Phi) is 11.4. The summed E-state index contributed by atoms with van der Waals surface area (Å²) in [4.78, 5) is 0.201. The fourth-order valence-corrected chi connectivity index (χ4v) is 2.48. The van der Waals surface area contributed by atoms with Gasteiger partial charge in [-0.15, -0.1) is 0 Å². The van der Waals surface area contributed by atoms with Gasteiger partial charge in [-0.25, -0.2) is 8.93 Å². The van der Waals surface area contributed by atoms with Crippen LogP contribution in [0, 0.1) is 6.92 Å². The monoisotopic (exact) mass is 355 g/mol. The maximum absolute atomic E-state index is 12.0. The quantitative estimate of drug-likeness (QED) is 0.838. The summed E-state index contributed by atoms with van der Waals surface area (Å²) in [5.41, 5.74) is 0.171. The van der Waals surface area contributed by atoms with Crippen molar-refractivity contribution in [2.75, 3.05) is 6.54 Å². The lowest BCUT2D eigenvalue weighted by molar-refractivity contribution is -0.121. The highest BCUT2D eigenvalue weighted by Crippen LogP contribution is 2.25. The molecule has 0 aliphatic rings. The maximum atomic E-state index is 12.0. The molecule has 0 radical (unpaired) electrons. The zero-order chi connectivity index (χ0) is 18.8. The molecule has 0 bridgehead atoms. The molecule has 0 fully saturated rings. The van der Waals surface area contributed by atoms with Crippen molar-refractivity contribution in [3.63, 3.8) is 0 Å². The van der Waals surface area contributed by atoms with Crippen LogP contribution >= 0.6 is 0 Å². The van der Waals surface area contributed by atoms with E-state index in [1.54, 1.807) is 26.8 Å². The average molecular weight is 355 g/mol. The topological polar surface area (TPSA) is 49.3 Å². The summed E-state index contributed by atoms with van der Waals surface area (Å²) < 4.78 is 49.7. The molecule has 0 aromatic heterocycles. The molecule has 1 unspecified atom stereocenters. The summed E-state index contributed by atoms with van der Waals surface area (Å²) >= 11 is 0. The number of nitrogens with one attached hydrogen (secondary N) is 1. The van der Waals surface area contributed by atoms with Gasteiger partial charge in [0.1, 0.15) is 17.5 Å². The van der Waals surface area contributed by atoms with E-state index < -0.39 is 29.3 Å². The molecule has 0 saturated heterocycles. The van der Waals surface area contributed by atoms with E-state index in [4.69, 9.17) is 0 Å². The molecule has 0 heterocycles. The normalized spacial score (nSPS) is 12.5. The smallest absolute Gasteiger partial charge is 0.386 e. The Hall–Kier alpha value is -0.920. The summed E-state index contributed by atoms with van der Waals surface area (Å²) in [5.74, 6) is 0. The van der Waals surface area contributed by atoms with E-state index in [9.17, 15) is 22.5 Å². The summed E-state index contributed by atoms with van der Waals surface area (Å²) in [6.07, 6.45) is -4.42. The molecule has 1 atom stereocenters. The standard InChI is InChI=1S/C12H16F3NO2S.2C2H6/c1-8-4-5-9(6-10(8)11(2,3)17)19(18)16-7-12(13,14)15;2*1-2/h4-6,16-17H,7H2,1-3H3;2*1-2H3. The maximum Gasteiger partial charge on any atom is 0.402 e. The number of halogens is 3. The second-order valence-electron chi connectivity index (χ2n) is 4.74. The molecular weight excluding hydrogens is 327 g/mol. The first kappa shape index (κ1) is 24.3. The Labute approximate surface area is 139 Å². The van der Waals surface area contributed by atoms with Gasteiger partial charge in [-0.2, -0.15) is 13.2 Å². The highest BCUT2D eigenvalue weighted by molar-refractivity contribution is 7.83. The number of hydrogen-bond acceptors (Lipinski definition) is 2. The van der Waals surface area contributed by atoms with E-state index in [1.807, 2.05) is 32.4 Å². The lowest BCUT2D eigenvalue weighted by atomic mass is 9.94. The highest BCUT2D eigenvalue weighted by Gasteiger charge is 2.28. The summed E-state index contributed by atoms with van der Waals surface area (Å²) in [5, 5.41) is 9.94. The second kappa shape index (κ2) is 10.8. The number of aliphatic hydroxyl groups is 1. The molecular formula is C16H28F3NO2S. The number of hydrogen-bond donors (Lipinski definition) is 2. The van der Waals surface area contributed by atoms with E-state index in [-0.39, 0.29) is 4.90 Å². The third-order valence-corrected chi connectivity index (χ3v) is 3.57. The SMILES string of the molecule is CC.CC.Cc1ccc(S(=O)NCC(F)(F)F)cc1C(C)(C)O. The molecule has 0 aliphatic carbocycles. The number of rotatable bonds is 4. The lowest BCUT2D eigenvalue weighted by Gasteiger charge is -2.21. The Bertz CT molecular complexity index is 483. The number of aryl methyl sites for hydroxylation is 1. The molecule has 7 heteroatoms. The third-order valence-electron chi connectivity index (χ3n) is 2.49. The van der Waals surface area contributed by atoms with Crippen molar-refractivity contribution < 1.29 is 22.5 Å². The number of alkyl halides is 3. The molecule has 3 nitrogen and oxygen atoms in total. The first-order valence-corrected chi connectivity index (χ1v) is 8.71. The predicted octanol–water partition coefficient (Wildman–Crippen LogP) is 4.45. The Morgan fingerprint density at radius 2 is 1.61 bits per heavy atom. The Morgan fingerprint density at radius 3 is 2.00 bits per heavy atom. The average Bonchev–Trinajstić information content (AvgIpc) is 2.47. The third kappa shape index (κ3) is 9.73. The van der Waals surface area contributed by atoms with Crippen LogP contribution in [0.5, 0.6) is 0 Å². The van der Waals surface area contributed by atoms with Crippen LogP contribution < -0.4 is 4.72 Å². The van der Waals surface area contributed by atoms with Gasteiger partial charge in [0.25, 0.3) is 0 Å². The Morgan fingerprint density at radius 1 is 1.13 bits per heavy atom. The van der Waals surface area contributed by atoms with Crippen LogP contribution in [-0.2, 0) is 16.6 Å². The second-order valence-corrected chi connectivity index (χ2v) is 6.04. The minimum atomic E-state index is -4.42. The van der Waals surface area contributed by atoms with Crippen molar-refractivity contribution >= 4 is 11.0 Å². The van der Waals surface area contributed by atoms with Crippen LogP contribution in [0.25, 0.3) is 0 Å². The van der Waals surface area contributed by atoms with Gasteiger partial charge in [-0.3, -0.25) is 0 Å². The van der Waals surface area contributed by atoms with E-state index in [1.165, 1.54) is 12.1 Å². The zero-order valence-electron chi connectivity index (χ0n) is 14.8. The van der Waals surface area contributed by atoms with Gasteiger partial charge in [0.05, 0.1) is 10.5 Å². The minimum absolute atomic E-state index is 0.201. The van der Waals surface area contributed by atoms with Gasteiger partial charge in [0.2, 0.25) is 0 Å². The predicted molar refractivity (Wildman–Crippen MR) is 89.6 cm³/mol. The Balaban J connectivity index is 0. The van der Waals surface area contributed by atoms with Gasteiger partial charge in [-0.1, -0.05) is 33.8 Å². The van der Waals surface area contributed by atoms with Crippen LogP contribution in [0.1, 0.15) is 52.7 Å². The molecule has 0 saturated carbocycles. The van der Waals surface area contributed by atoms with Gasteiger partial charge >= 0.3 is 6.18 Å². The molecule has 0 aliphatic heterocycles. The van der Waals surface area contributed by atoms with E-state index in [0.29, 0.717) is 5.56 Å². The van der Waals surface area contributed by atoms with Gasteiger partial charge in [0, 0.05) is 0 Å². The summed E-state index contributed by atoms with van der Waals surface area (Å²) in [7, 11) is -1.96. The molecule has 0 spiro atoms. The molecule has 0 amide bonds. The molecule has 1 aromatic carbocycles. The van der Waals surface area contributed by atoms with Gasteiger partial charge in [0.15, 0.2) is 0 Å². The van der Waals surface area contributed by atoms with Gasteiger partial charge in [-0.05, 0) is 44.0 Å².